The van der Waals surface area contributed by atoms with Crippen molar-refractivity contribution in [2.45, 2.75) is 12.8 Å². The molecule has 1 aromatic rings. The fourth-order valence-corrected chi connectivity index (χ4v) is 1.29. The van der Waals surface area contributed by atoms with Crippen LogP contribution in [0.2, 0.25) is 0 Å². The molecule has 1 aliphatic heterocycles. The molecule has 0 amide bonds. The van der Waals surface area contributed by atoms with E-state index in [0.717, 1.165) is 35.6 Å². The van der Waals surface area contributed by atoms with Gasteiger partial charge in [0.1, 0.15) is 0 Å². The molecule has 3 heteroatoms. The molecule has 0 saturated heterocycles. The van der Waals surface area contributed by atoms with Crippen molar-refractivity contribution in [2.75, 3.05) is 6.61 Å². The number of ether oxygens (including phenoxy) is 1. The first kappa shape index (κ1) is 6.46. The maximum absolute atomic E-state index is 11.1. The number of hydrogen-bond donors (Lipinski definition) is 0. The fraction of sp³-hybridized carbons (Fsp3) is 0.375. The third-order valence-electron chi connectivity index (χ3n) is 1.83. The zero-order valence-corrected chi connectivity index (χ0v) is 6.12. The van der Waals surface area contributed by atoms with Gasteiger partial charge in [-0.15, -0.1) is 0 Å². The average Bonchev–Trinajstić information content (AvgIpc) is 2.06. The molecule has 0 saturated carbocycles. The Bertz CT molecular complexity index is 273. The summed E-state index contributed by atoms with van der Waals surface area (Å²) in [6.45, 7) is 0.733. The average molecular weight is 151 g/mol. The molecule has 1 aliphatic rings. The van der Waals surface area contributed by atoms with Gasteiger partial charge in [0, 0.05) is 12.5 Å². The van der Waals surface area contributed by atoms with Gasteiger partial charge in [0.2, 0.25) is 5.69 Å². The van der Waals surface area contributed by atoms with Gasteiger partial charge in [0.05, 0.1) is 6.61 Å². The lowest BCUT2D eigenvalue weighted by Crippen LogP contribution is -2.33. The van der Waals surface area contributed by atoms with E-state index in [1.54, 1.807) is 6.07 Å². The highest BCUT2D eigenvalue weighted by atomic mass is 16.5. The van der Waals surface area contributed by atoms with Crippen LogP contribution in [0.25, 0.3) is 0 Å². The smallest absolute Gasteiger partial charge is 0.234 e. The zero-order valence-electron chi connectivity index (χ0n) is 6.12. The summed E-state index contributed by atoms with van der Waals surface area (Å²) in [6, 6.07) is 3.54. The normalized spacial score (nSPS) is 15.3. The van der Waals surface area contributed by atoms with E-state index in [2.05, 4.69) is 0 Å². The lowest BCUT2D eigenvalue weighted by molar-refractivity contribution is -0.615. The number of rotatable bonds is 0. The van der Waals surface area contributed by atoms with Crippen LogP contribution < -0.4 is 9.47 Å². The van der Waals surface area contributed by atoms with E-state index in [-0.39, 0.29) is 0 Å². The first-order valence-corrected chi connectivity index (χ1v) is 3.72. The van der Waals surface area contributed by atoms with E-state index >= 15 is 0 Å². The highest BCUT2D eigenvalue weighted by Gasteiger charge is 2.17. The lowest BCUT2D eigenvalue weighted by Gasteiger charge is -2.14. The fourth-order valence-electron chi connectivity index (χ4n) is 1.29. The largest absolute Gasteiger partial charge is 0.618 e. The van der Waals surface area contributed by atoms with Crippen LogP contribution in [0.1, 0.15) is 12.1 Å². The number of aromatic nitrogens is 1. The van der Waals surface area contributed by atoms with E-state index in [1.165, 1.54) is 6.20 Å². The second-order valence-electron chi connectivity index (χ2n) is 2.60. The molecule has 0 N–H and O–H groups in total. The molecule has 1 aromatic heterocycles. The van der Waals surface area contributed by atoms with Crippen molar-refractivity contribution in [1.29, 1.82) is 0 Å². The summed E-state index contributed by atoms with van der Waals surface area (Å²) in [5, 5.41) is 11.1. The van der Waals surface area contributed by atoms with Gasteiger partial charge in [0.15, 0.2) is 11.9 Å². The molecular weight excluding hydrogens is 142 g/mol. The molecule has 0 aromatic carbocycles. The predicted molar refractivity (Wildman–Crippen MR) is 39.2 cm³/mol. The number of nitrogens with zero attached hydrogens (tertiary/aromatic N) is 1. The number of pyridine rings is 1. The van der Waals surface area contributed by atoms with Crippen molar-refractivity contribution in [3.8, 4) is 5.75 Å². The summed E-state index contributed by atoms with van der Waals surface area (Å²) in [5.74, 6) is 0.744. The third-order valence-corrected chi connectivity index (χ3v) is 1.83. The summed E-state index contributed by atoms with van der Waals surface area (Å²) >= 11 is 0. The SMILES string of the molecule is [O-][n+]1cccc2c1CCCO2. The molecule has 0 atom stereocenters. The van der Waals surface area contributed by atoms with E-state index < -0.39 is 0 Å². The third kappa shape index (κ3) is 1.02. The molecule has 3 nitrogen and oxygen atoms in total. The Labute approximate surface area is 64.8 Å². The van der Waals surface area contributed by atoms with Crippen LogP contribution in [-0.2, 0) is 6.42 Å². The first-order chi connectivity index (χ1) is 5.38. The molecule has 2 rings (SSSR count). The van der Waals surface area contributed by atoms with Crippen molar-refractivity contribution in [1.82, 2.24) is 0 Å². The molecule has 0 aliphatic carbocycles. The highest BCUT2D eigenvalue weighted by Crippen LogP contribution is 2.19. The lowest BCUT2D eigenvalue weighted by atomic mass is 10.2. The molecule has 58 valence electrons. The van der Waals surface area contributed by atoms with Crippen molar-refractivity contribution >= 4 is 0 Å². The predicted octanol–water partition coefficient (Wildman–Crippen LogP) is 0.645. The maximum atomic E-state index is 11.1. The van der Waals surface area contributed by atoms with Crippen molar-refractivity contribution < 1.29 is 9.47 Å². The molecule has 2 heterocycles. The summed E-state index contributed by atoms with van der Waals surface area (Å²) < 4.78 is 6.17. The summed E-state index contributed by atoms with van der Waals surface area (Å²) in [7, 11) is 0. The first-order valence-electron chi connectivity index (χ1n) is 3.72. The van der Waals surface area contributed by atoms with E-state index in [1.807, 2.05) is 6.07 Å². The Balaban J connectivity index is 2.49. The van der Waals surface area contributed by atoms with Gasteiger partial charge in [0.25, 0.3) is 0 Å². The van der Waals surface area contributed by atoms with Gasteiger partial charge in [-0.1, -0.05) is 0 Å². The summed E-state index contributed by atoms with van der Waals surface area (Å²) in [6.07, 6.45) is 3.28. The Morgan fingerprint density at radius 3 is 3.27 bits per heavy atom. The maximum Gasteiger partial charge on any atom is 0.234 e. The van der Waals surface area contributed by atoms with Gasteiger partial charge >= 0.3 is 0 Å². The Hall–Kier alpha value is -1.25. The van der Waals surface area contributed by atoms with Crippen molar-refractivity contribution in [3.05, 3.63) is 29.2 Å². The second kappa shape index (κ2) is 2.42. The van der Waals surface area contributed by atoms with Gasteiger partial charge in [-0.05, 0) is 12.5 Å². The quantitative estimate of drug-likeness (QED) is 0.403. The Morgan fingerprint density at radius 2 is 2.45 bits per heavy atom. The van der Waals surface area contributed by atoms with Crippen LogP contribution >= 0.6 is 0 Å². The van der Waals surface area contributed by atoms with Crippen LogP contribution in [0.4, 0.5) is 0 Å². The molecule has 0 fully saturated rings. The summed E-state index contributed by atoms with van der Waals surface area (Å²) in [4.78, 5) is 0. The minimum atomic E-state index is 0.733. The van der Waals surface area contributed by atoms with Gasteiger partial charge in [-0.3, -0.25) is 0 Å². The monoisotopic (exact) mass is 151 g/mol. The van der Waals surface area contributed by atoms with Crippen molar-refractivity contribution in [2.24, 2.45) is 0 Å². The molecule has 11 heavy (non-hydrogen) atoms. The standard InChI is InChI=1S/C8H9NO2/c10-9-5-1-4-8-7(9)3-2-6-11-8/h1,4-5H,2-3,6H2. The molecular formula is C8H9NO2. The van der Waals surface area contributed by atoms with Crippen LogP contribution in [0, 0.1) is 5.21 Å². The van der Waals surface area contributed by atoms with E-state index in [4.69, 9.17) is 4.74 Å². The van der Waals surface area contributed by atoms with Gasteiger partial charge < -0.3 is 9.94 Å². The number of fused-ring (bicyclic) bond motifs is 1. The molecule has 0 unspecified atom stereocenters. The minimum Gasteiger partial charge on any atom is -0.618 e. The Morgan fingerprint density at radius 1 is 1.55 bits per heavy atom. The van der Waals surface area contributed by atoms with Crippen LogP contribution in [-0.4, -0.2) is 6.61 Å². The summed E-state index contributed by atoms with van der Waals surface area (Å²) in [5.41, 5.74) is 0.763. The molecule has 0 radical (unpaired) electrons. The van der Waals surface area contributed by atoms with Crippen LogP contribution in [0.15, 0.2) is 18.3 Å². The minimum absolute atomic E-state index is 0.733. The molecule has 0 spiro atoms. The van der Waals surface area contributed by atoms with Crippen LogP contribution in [0.5, 0.6) is 5.75 Å². The Kier molecular flexibility index (Phi) is 1.42. The highest BCUT2D eigenvalue weighted by molar-refractivity contribution is 5.24. The second-order valence-corrected chi connectivity index (χ2v) is 2.60. The van der Waals surface area contributed by atoms with Gasteiger partial charge in [-0.2, -0.15) is 4.73 Å². The topological polar surface area (TPSA) is 36.2 Å². The zero-order chi connectivity index (χ0) is 7.68. The van der Waals surface area contributed by atoms with Crippen molar-refractivity contribution in [3.63, 3.8) is 0 Å². The number of hydrogen-bond acceptors (Lipinski definition) is 2. The van der Waals surface area contributed by atoms with E-state index in [9.17, 15) is 5.21 Å². The van der Waals surface area contributed by atoms with E-state index in [0.29, 0.717) is 0 Å². The molecule has 0 bridgehead atoms. The van der Waals surface area contributed by atoms with Gasteiger partial charge in [-0.25, -0.2) is 0 Å². The van der Waals surface area contributed by atoms with Crippen LogP contribution in [0.3, 0.4) is 0 Å².